The lowest BCUT2D eigenvalue weighted by Crippen LogP contribution is -2.38. The Hall–Kier alpha value is -1.85. The molecule has 0 radical (unpaired) electrons. The lowest BCUT2D eigenvalue weighted by molar-refractivity contribution is -0.129. The van der Waals surface area contributed by atoms with E-state index in [2.05, 4.69) is 18.7 Å². The third kappa shape index (κ3) is 3.62. The molecule has 1 atom stereocenters. The summed E-state index contributed by atoms with van der Waals surface area (Å²) in [6.07, 6.45) is 0. The number of hydrogen-bond acceptors (Lipinski definition) is 4. The van der Waals surface area contributed by atoms with Gasteiger partial charge in [-0.2, -0.15) is 0 Å². The SMILES string of the molecule is CCN(CC)CCN1C(=O)C(O)=C(C(C)=O)C1c1ccc(Cl)cc1. The number of carbonyl (C=O) groups is 2. The highest BCUT2D eigenvalue weighted by Crippen LogP contribution is 2.37. The smallest absolute Gasteiger partial charge is 0.290 e. The largest absolute Gasteiger partial charge is 0.503 e. The van der Waals surface area contributed by atoms with Crippen molar-refractivity contribution in [3.05, 3.63) is 46.2 Å². The lowest BCUT2D eigenvalue weighted by Gasteiger charge is -2.29. The molecule has 1 N–H and O–H groups in total. The number of aliphatic hydroxyl groups is 1. The van der Waals surface area contributed by atoms with Crippen molar-refractivity contribution in [2.45, 2.75) is 26.8 Å². The second-order valence-electron chi connectivity index (χ2n) is 5.80. The van der Waals surface area contributed by atoms with Crippen LogP contribution in [0.15, 0.2) is 35.6 Å². The molecule has 0 fully saturated rings. The monoisotopic (exact) mass is 350 g/mol. The molecule has 0 aliphatic carbocycles. The van der Waals surface area contributed by atoms with Crippen LogP contribution in [-0.2, 0) is 9.59 Å². The van der Waals surface area contributed by atoms with Crippen molar-refractivity contribution in [1.29, 1.82) is 0 Å². The molecule has 1 aliphatic heterocycles. The first-order chi connectivity index (χ1) is 11.4. The maximum Gasteiger partial charge on any atom is 0.290 e. The molecule has 0 spiro atoms. The maximum absolute atomic E-state index is 12.5. The molecule has 24 heavy (non-hydrogen) atoms. The van der Waals surface area contributed by atoms with Gasteiger partial charge in [-0.3, -0.25) is 9.59 Å². The second-order valence-corrected chi connectivity index (χ2v) is 6.23. The summed E-state index contributed by atoms with van der Waals surface area (Å²) >= 11 is 5.94. The molecule has 130 valence electrons. The highest BCUT2D eigenvalue weighted by molar-refractivity contribution is 6.30. The van der Waals surface area contributed by atoms with Crippen LogP contribution < -0.4 is 0 Å². The lowest BCUT2D eigenvalue weighted by atomic mass is 9.97. The van der Waals surface area contributed by atoms with Crippen LogP contribution in [0.25, 0.3) is 0 Å². The van der Waals surface area contributed by atoms with Crippen molar-refractivity contribution in [2.75, 3.05) is 26.2 Å². The van der Waals surface area contributed by atoms with Crippen LogP contribution in [0.4, 0.5) is 0 Å². The summed E-state index contributed by atoms with van der Waals surface area (Å²) in [5, 5.41) is 10.8. The molecule has 1 aromatic rings. The van der Waals surface area contributed by atoms with E-state index in [0.717, 1.165) is 18.7 Å². The zero-order valence-corrected chi connectivity index (χ0v) is 15.0. The molecule has 1 heterocycles. The minimum absolute atomic E-state index is 0.155. The molecule has 1 unspecified atom stereocenters. The summed E-state index contributed by atoms with van der Waals surface area (Å²) in [7, 11) is 0. The van der Waals surface area contributed by atoms with Gasteiger partial charge in [-0.25, -0.2) is 0 Å². The number of rotatable bonds is 7. The maximum atomic E-state index is 12.5. The molecule has 1 aliphatic rings. The Bertz CT molecular complexity index is 651. The molecule has 0 aromatic heterocycles. The molecule has 0 saturated carbocycles. The topological polar surface area (TPSA) is 60.9 Å². The molecule has 2 rings (SSSR count). The van der Waals surface area contributed by atoms with Gasteiger partial charge in [0.25, 0.3) is 5.91 Å². The van der Waals surface area contributed by atoms with Gasteiger partial charge >= 0.3 is 0 Å². The molecule has 1 aromatic carbocycles. The van der Waals surface area contributed by atoms with Gasteiger partial charge in [-0.15, -0.1) is 0 Å². The van der Waals surface area contributed by atoms with Gasteiger partial charge in [0.15, 0.2) is 11.5 Å². The summed E-state index contributed by atoms with van der Waals surface area (Å²) in [6.45, 7) is 8.36. The number of aliphatic hydroxyl groups excluding tert-OH is 1. The van der Waals surface area contributed by atoms with Crippen LogP contribution in [-0.4, -0.2) is 52.8 Å². The third-order valence-corrected chi connectivity index (χ3v) is 4.67. The molecule has 0 saturated heterocycles. The van der Waals surface area contributed by atoms with Crippen molar-refractivity contribution >= 4 is 23.3 Å². The first-order valence-electron chi connectivity index (χ1n) is 8.13. The van der Waals surface area contributed by atoms with E-state index in [1.54, 1.807) is 29.2 Å². The van der Waals surface area contributed by atoms with E-state index in [0.29, 0.717) is 18.1 Å². The molecular formula is C18H23ClN2O3. The number of carbonyl (C=O) groups excluding carboxylic acids is 2. The molecule has 5 nitrogen and oxygen atoms in total. The van der Waals surface area contributed by atoms with Gasteiger partial charge in [0.2, 0.25) is 0 Å². The average molecular weight is 351 g/mol. The molecular weight excluding hydrogens is 328 g/mol. The van der Waals surface area contributed by atoms with Gasteiger partial charge in [0.1, 0.15) is 0 Å². The average Bonchev–Trinajstić information content (AvgIpc) is 2.81. The van der Waals surface area contributed by atoms with Crippen molar-refractivity contribution in [2.24, 2.45) is 0 Å². The highest BCUT2D eigenvalue weighted by atomic mass is 35.5. The third-order valence-electron chi connectivity index (χ3n) is 4.42. The Balaban J connectivity index is 2.36. The first-order valence-corrected chi connectivity index (χ1v) is 8.51. The van der Waals surface area contributed by atoms with Crippen molar-refractivity contribution in [3.63, 3.8) is 0 Å². The van der Waals surface area contributed by atoms with Gasteiger partial charge < -0.3 is 14.9 Å². The number of nitrogens with zero attached hydrogens (tertiary/aromatic N) is 2. The van der Waals surface area contributed by atoms with E-state index in [-0.39, 0.29) is 11.4 Å². The number of ketones is 1. The van der Waals surface area contributed by atoms with E-state index in [4.69, 9.17) is 11.6 Å². The van der Waals surface area contributed by atoms with Crippen molar-refractivity contribution in [3.8, 4) is 0 Å². The molecule has 1 amide bonds. The minimum Gasteiger partial charge on any atom is -0.503 e. The Morgan fingerprint density at radius 1 is 1.25 bits per heavy atom. The number of Topliss-reactive ketones (excluding diaryl/α,β-unsaturated/α-hetero) is 1. The number of amides is 1. The van der Waals surface area contributed by atoms with Crippen molar-refractivity contribution in [1.82, 2.24) is 9.80 Å². The normalized spacial score (nSPS) is 18.0. The van der Waals surface area contributed by atoms with Gasteiger partial charge in [0.05, 0.1) is 11.6 Å². The standard InChI is InChI=1S/C18H23ClN2O3/c1-4-20(5-2)10-11-21-16(13-6-8-14(19)9-7-13)15(12(3)22)17(23)18(21)24/h6-9,16,23H,4-5,10-11H2,1-3H3. The second kappa shape index (κ2) is 7.81. The predicted octanol–water partition coefficient (Wildman–Crippen LogP) is 2.97. The Kier molecular flexibility index (Phi) is 6.02. The zero-order chi connectivity index (χ0) is 17.9. The Labute approximate surface area is 147 Å². The van der Waals surface area contributed by atoms with E-state index >= 15 is 0 Å². The predicted molar refractivity (Wildman–Crippen MR) is 94.0 cm³/mol. The summed E-state index contributed by atoms with van der Waals surface area (Å²) < 4.78 is 0. The molecule has 0 bridgehead atoms. The van der Waals surface area contributed by atoms with Crippen LogP contribution in [0.5, 0.6) is 0 Å². The fraction of sp³-hybridized carbons (Fsp3) is 0.444. The number of hydrogen-bond donors (Lipinski definition) is 1. The van der Waals surface area contributed by atoms with Gasteiger partial charge in [-0.1, -0.05) is 37.6 Å². The summed E-state index contributed by atoms with van der Waals surface area (Å²) in [5.74, 6) is -1.24. The fourth-order valence-electron chi connectivity index (χ4n) is 3.02. The van der Waals surface area contributed by atoms with Crippen molar-refractivity contribution < 1.29 is 14.7 Å². The zero-order valence-electron chi connectivity index (χ0n) is 14.3. The Morgan fingerprint density at radius 2 is 1.83 bits per heavy atom. The van der Waals surface area contributed by atoms with Gasteiger partial charge in [-0.05, 0) is 37.7 Å². The summed E-state index contributed by atoms with van der Waals surface area (Å²) in [6, 6.07) is 6.44. The molecule has 6 heteroatoms. The van der Waals surface area contributed by atoms with Crippen LogP contribution >= 0.6 is 11.6 Å². The van der Waals surface area contributed by atoms with Crippen LogP contribution in [0.2, 0.25) is 5.02 Å². The van der Waals surface area contributed by atoms with Crippen LogP contribution in [0.3, 0.4) is 0 Å². The summed E-state index contributed by atoms with van der Waals surface area (Å²) in [4.78, 5) is 28.2. The number of likely N-dealkylation sites (N-methyl/N-ethyl adjacent to an activating group) is 1. The van der Waals surface area contributed by atoms with E-state index in [9.17, 15) is 14.7 Å². The first kappa shape index (κ1) is 18.5. The van der Waals surface area contributed by atoms with Crippen LogP contribution in [0, 0.1) is 0 Å². The fourth-order valence-corrected chi connectivity index (χ4v) is 3.15. The minimum atomic E-state index is -0.567. The highest BCUT2D eigenvalue weighted by Gasteiger charge is 2.42. The van der Waals surface area contributed by atoms with E-state index < -0.39 is 17.7 Å². The number of benzene rings is 1. The van der Waals surface area contributed by atoms with E-state index in [1.807, 2.05) is 0 Å². The van der Waals surface area contributed by atoms with Crippen LogP contribution in [0.1, 0.15) is 32.4 Å². The summed E-state index contributed by atoms with van der Waals surface area (Å²) in [5.41, 5.74) is 0.920. The van der Waals surface area contributed by atoms with Gasteiger partial charge in [0, 0.05) is 18.1 Å². The number of halogens is 1. The van der Waals surface area contributed by atoms with E-state index in [1.165, 1.54) is 6.92 Å². The Morgan fingerprint density at radius 3 is 2.33 bits per heavy atom. The quantitative estimate of drug-likeness (QED) is 0.821.